The molecule has 0 spiro atoms. The zero-order chi connectivity index (χ0) is 13.1. The molecule has 0 saturated heterocycles. The maximum Gasteiger partial charge on any atom is 0.192 e. The highest BCUT2D eigenvalue weighted by molar-refractivity contribution is 5.73. The van der Waals surface area contributed by atoms with Crippen molar-refractivity contribution in [2.75, 3.05) is 20.1 Å². The summed E-state index contributed by atoms with van der Waals surface area (Å²) in [6.07, 6.45) is -0.480. The molecule has 2 rings (SSSR count). The Balaban J connectivity index is 2.07. The van der Waals surface area contributed by atoms with Gasteiger partial charge >= 0.3 is 0 Å². The van der Waals surface area contributed by atoms with E-state index in [2.05, 4.69) is 4.98 Å². The van der Waals surface area contributed by atoms with E-state index in [0.717, 1.165) is 23.2 Å². The van der Waals surface area contributed by atoms with Gasteiger partial charge in [-0.2, -0.15) is 0 Å². The quantitative estimate of drug-likeness (QED) is 0.823. The number of aliphatic hydroxyl groups excluding tert-OH is 1. The van der Waals surface area contributed by atoms with Crippen molar-refractivity contribution < 1.29 is 9.52 Å². The van der Waals surface area contributed by atoms with Crippen molar-refractivity contribution in [2.45, 2.75) is 19.6 Å². The van der Waals surface area contributed by atoms with E-state index in [-0.39, 0.29) is 6.54 Å². The van der Waals surface area contributed by atoms with E-state index in [9.17, 15) is 5.11 Å². The van der Waals surface area contributed by atoms with Gasteiger partial charge in [0.05, 0.1) is 6.10 Å². The SMILES string of the molecule is Cc1nc2ccc(CN(C)CC(O)CN)cc2o1. The van der Waals surface area contributed by atoms with Crippen molar-refractivity contribution in [3.8, 4) is 0 Å². The number of aryl methyl sites for hydroxylation is 1. The van der Waals surface area contributed by atoms with Gasteiger partial charge in [-0.1, -0.05) is 6.07 Å². The number of aromatic nitrogens is 1. The molecule has 1 aromatic heterocycles. The van der Waals surface area contributed by atoms with Crippen LogP contribution in [0, 0.1) is 6.92 Å². The Labute approximate surface area is 106 Å². The first kappa shape index (κ1) is 13.0. The number of aliphatic hydroxyl groups is 1. The van der Waals surface area contributed by atoms with Crippen LogP contribution in [0.3, 0.4) is 0 Å². The first-order chi connectivity index (χ1) is 8.58. The minimum atomic E-state index is -0.480. The van der Waals surface area contributed by atoms with Gasteiger partial charge in [-0.3, -0.25) is 4.90 Å². The van der Waals surface area contributed by atoms with Crippen molar-refractivity contribution in [2.24, 2.45) is 5.73 Å². The van der Waals surface area contributed by atoms with Crippen molar-refractivity contribution in [1.29, 1.82) is 0 Å². The van der Waals surface area contributed by atoms with Gasteiger partial charge in [0.25, 0.3) is 0 Å². The summed E-state index contributed by atoms with van der Waals surface area (Å²) < 4.78 is 5.49. The number of fused-ring (bicyclic) bond motifs is 1. The molecule has 0 radical (unpaired) electrons. The number of nitrogens with two attached hydrogens (primary N) is 1. The topological polar surface area (TPSA) is 75.5 Å². The van der Waals surface area contributed by atoms with Gasteiger partial charge in [0.2, 0.25) is 0 Å². The lowest BCUT2D eigenvalue weighted by molar-refractivity contribution is 0.129. The smallest absolute Gasteiger partial charge is 0.192 e. The Kier molecular flexibility index (Phi) is 3.96. The van der Waals surface area contributed by atoms with Crippen molar-refractivity contribution in [1.82, 2.24) is 9.88 Å². The van der Waals surface area contributed by atoms with E-state index < -0.39 is 6.10 Å². The van der Waals surface area contributed by atoms with Crippen LogP contribution in [0.5, 0.6) is 0 Å². The molecule has 1 atom stereocenters. The molecule has 3 N–H and O–H groups in total. The second-order valence-electron chi connectivity index (χ2n) is 4.62. The standard InChI is InChI=1S/C13H19N3O2/c1-9-15-12-4-3-10(5-13(12)18-9)7-16(2)8-11(17)6-14/h3-5,11,17H,6-8,14H2,1-2H3. The fourth-order valence-corrected chi connectivity index (χ4v) is 1.99. The Hall–Kier alpha value is -1.43. The third kappa shape index (κ3) is 3.07. The number of rotatable bonds is 5. The predicted molar refractivity (Wildman–Crippen MR) is 70.1 cm³/mol. The highest BCUT2D eigenvalue weighted by Crippen LogP contribution is 2.17. The lowest BCUT2D eigenvalue weighted by Gasteiger charge is -2.19. The van der Waals surface area contributed by atoms with Crippen molar-refractivity contribution in [3.63, 3.8) is 0 Å². The summed E-state index contributed by atoms with van der Waals surface area (Å²) in [7, 11) is 1.95. The molecule has 1 aromatic carbocycles. The van der Waals surface area contributed by atoms with Crippen LogP contribution in [0.25, 0.3) is 11.1 Å². The van der Waals surface area contributed by atoms with Gasteiger partial charge in [0, 0.05) is 26.6 Å². The number of likely N-dealkylation sites (N-methyl/N-ethyl adjacent to an activating group) is 1. The first-order valence-electron chi connectivity index (χ1n) is 6.01. The van der Waals surface area contributed by atoms with Crippen LogP contribution in [0.2, 0.25) is 0 Å². The second-order valence-corrected chi connectivity index (χ2v) is 4.62. The molecule has 5 heteroatoms. The zero-order valence-electron chi connectivity index (χ0n) is 10.8. The summed E-state index contributed by atoms with van der Waals surface area (Å²) in [5, 5.41) is 9.49. The molecular formula is C13H19N3O2. The Morgan fingerprint density at radius 2 is 2.28 bits per heavy atom. The average molecular weight is 249 g/mol. The Morgan fingerprint density at radius 1 is 1.50 bits per heavy atom. The van der Waals surface area contributed by atoms with Gasteiger partial charge in [0.15, 0.2) is 11.5 Å². The van der Waals surface area contributed by atoms with E-state index in [1.165, 1.54) is 0 Å². The van der Waals surface area contributed by atoms with Crippen LogP contribution in [-0.2, 0) is 6.54 Å². The van der Waals surface area contributed by atoms with E-state index in [1.807, 2.05) is 37.1 Å². The molecule has 2 aromatic rings. The summed E-state index contributed by atoms with van der Waals surface area (Å²) >= 11 is 0. The lowest BCUT2D eigenvalue weighted by atomic mass is 10.2. The number of nitrogens with zero attached hydrogens (tertiary/aromatic N) is 2. The fourth-order valence-electron chi connectivity index (χ4n) is 1.99. The number of hydrogen-bond acceptors (Lipinski definition) is 5. The third-order valence-electron chi connectivity index (χ3n) is 2.81. The molecule has 1 unspecified atom stereocenters. The molecule has 0 amide bonds. The molecule has 1 heterocycles. The van der Waals surface area contributed by atoms with Gasteiger partial charge in [0.1, 0.15) is 5.52 Å². The largest absolute Gasteiger partial charge is 0.441 e. The molecule has 0 bridgehead atoms. The Morgan fingerprint density at radius 3 is 3.00 bits per heavy atom. The molecule has 5 nitrogen and oxygen atoms in total. The predicted octanol–water partition coefficient (Wildman–Crippen LogP) is 0.888. The van der Waals surface area contributed by atoms with Crippen molar-refractivity contribution >= 4 is 11.1 Å². The van der Waals surface area contributed by atoms with Crippen LogP contribution in [0.1, 0.15) is 11.5 Å². The molecule has 18 heavy (non-hydrogen) atoms. The number of hydrogen-bond donors (Lipinski definition) is 2. The van der Waals surface area contributed by atoms with Crippen LogP contribution in [0.4, 0.5) is 0 Å². The molecule has 98 valence electrons. The summed E-state index contributed by atoms with van der Waals surface area (Å²) in [6.45, 7) is 3.42. The van der Waals surface area contributed by atoms with Crippen LogP contribution >= 0.6 is 0 Å². The lowest BCUT2D eigenvalue weighted by Crippen LogP contribution is -2.33. The highest BCUT2D eigenvalue weighted by Gasteiger charge is 2.08. The highest BCUT2D eigenvalue weighted by atomic mass is 16.3. The molecule has 0 saturated carbocycles. The normalized spacial score (nSPS) is 13.4. The fraction of sp³-hybridized carbons (Fsp3) is 0.462. The van der Waals surface area contributed by atoms with Crippen LogP contribution in [0.15, 0.2) is 22.6 Å². The minimum absolute atomic E-state index is 0.282. The summed E-state index contributed by atoms with van der Waals surface area (Å²) in [5.41, 5.74) is 8.20. The number of oxazole rings is 1. The summed E-state index contributed by atoms with van der Waals surface area (Å²) in [5.74, 6) is 0.675. The van der Waals surface area contributed by atoms with E-state index >= 15 is 0 Å². The van der Waals surface area contributed by atoms with E-state index in [4.69, 9.17) is 10.2 Å². The Bertz CT molecular complexity index is 524. The third-order valence-corrected chi connectivity index (χ3v) is 2.81. The maximum atomic E-state index is 9.49. The van der Waals surface area contributed by atoms with Gasteiger partial charge in [-0.05, 0) is 24.7 Å². The summed E-state index contributed by atoms with van der Waals surface area (Å²) in [4.78, 5) is 6.29. The molecular weight excluding hydrogens is 230 g/mol. The molecule has 0 aliphatic heterocycles. The van der Waals surface area contributed by atoms with Gasteiger partial charge in [-0.25, -0.2) is 4.98 Å². The number of benzene rings is 1. The minimum Gasteiger partial charge on any atom is -0.441 e. The van der Waals surface area contributed by atoms with Crippen molar-refractivity contribution in [3.05, 3.63) is 29.7 Å². The maximum absolute atomic E-state index is 9.49. The molecule has 0 fully saturated rings. The monoisotopic (exact) mass is 249 g/mol. The van der Waals surface area contributed by atoms with E-state index in [1.54, 1.807) is 0 Å². The van der Waals surface area contributed by atoms with Crippen LogP contribution < -0.4 is 5.73 Å². The van der Waals surface area contributed by atoms with Gasteiger partial charge < -0.3 is 15.3 Å². The van der Waals surface area contributed by atoms with Gasteiger partial charge in [-0.15, -0.1) is 0 Å². The molecule has 0 aliphatic rings. The second kappa shape index (κ2) is 5.48. The van der Waals surface area contributed by atoms with Crippen LogP contribution in [-0.4, -0.2) is 41.2 Å². The average Bonchev–Trinajstić information content (AvgIpc) is 2.68. The van der Waals surface area contributed by atoms with E-state index in [0.29, 0.717) is 12.4 Å². The molecule has 0 aliphatic carbocycles. The zero-order valence-corrected chi connectivity index (χ0v) is 10.8. The first-order valence-corrected chi connectivity index (χ1v) is 6.01. The summed E-state index contributed by atoms with van der Waals surface area (Å²) in [6, 6.07) is 5.96.